The van der Waals surface area contributed by atoms with Crippen molar-refractivity contribution >= 4 is 40.1 Å². The van der Waals surface area contributed by atoms with Gasteiger partial charge in [0, 0.05) is 13.0 Å². The van der Waals surface area contributed by atoms with Crippen LogP contribution in [-0.2, 0) is 28.6 Å². The molecule has 0 spiro atoms. The van der Waals surface area contributed by atoms with E-state index in [0.717, 1.165) is 0 Å². The molecular weight excluding hydrogens is 403 g/mol. The minimum Gasteiger partial charge on any atom is -0.467 e. The van der Waals surface area contributed by atoms with E-state index >= 15 is 0 Å². The van der Waals surface area contributed by atoms with Crippen LogP contribution in [0.4, 0.5) is 0 Å². The van der Waals surface area contributed by atoms with E-state index in [4.69, 9.17) is 14.2 Å². The fourth-order valence-electron chi connectivity index (χ4n) is 3.44. The van der Waals surface area contributed by atoms with E-state index in [2.05, 4.69) is 0 Å². The number of halogens is 1. The number of fused-ring (bicyclic) bond motifs is 2. The largest absolute Gasteiger partial charge is 0.467 e. The second-order valence-corrected chi connectivity index (χ2v) is 7.33. The molecule has 6 atom stereocenters. The van der Waals surface area contributed by atoms with Crippen LogP contribution in [0.25, 0.3) is 0 Å². The third-order valence-electron chi connectivity index (χ3n) is 4.93. The van der Waals surface area contributed by atoms with Gasteiger partial charge in [-0.2, -0.15) is 0 Å². The summed E-state index contributed by atoms with van der Waals surface area (Å²) in [6, 6.07) is 0. The highest BCUT2D eigenvalue weighted by molar-refractivity contribution is 14.1. The van der Waals surface area contributed by atoms with Gasteiger partial charge in [0.25, 0.3) is 0 Å². The molecule has 2 rings (SSSR count). The van der Waals surface area contributed by atoms with Gasteiger partial charge in [0.1, 0.15) is 3.92 Å². The number of methoxy groups -OCH3 is 2. The van der Waals surface area contributed by atoms with E-state index in [1.54, 1.807) is 13.8 Å². The number of Topliss-reactive ketones (excluding diaryl/α,β-unsaturated/α-hetero) is 2. The highest BCUT2D eigenvalue weighted by Gasteiger charge is 2.59. The number of hydrogen-bond donors (Lipinski definition) is 0. The van der Waals surface area contributed by atoms with Crippen LogP contribution < -0.4 is 0 Å². The summed E-state index contributed by atoms with van der Waals surface area (Å²) < 4.78 is 15.2. The van der Waals surface area contributed by atoms with Gasteiger partial charge in [-0.3, -0.25) is 9.59 Å². The van der Waals surface area contributed by atoms with Crippen molar-refractivity contribution in [2.24, 2.45) is 11.3 Å². The van der Waals surface area contributed by atoms with Crippen LogP contribution in [0.5, 0.6) is 0 Å². The standard InChI is InChI=1S/C15H21IO6/c1-7-8-5-6-9(22-8)15(2,12(18)10(16)11(7)17)13(20-3)14(19)21-4/h7-10,13H,5-6H2,1-4H3/t7-,8?,9?,10-,13?,15-/m1/s1. The summed E-state index contributed by atoms with van der Waals surface area (Å²) in [5.74, 6) is -1.43. The number of ketones is 2. The van der Waals surface area contributed by atoms with Crippen LogP contribution in [0.3, 0.4) is 0 Å². The van der Waals surface area contributed by atoms with Crippen molar-refractivity contribution in [3.63, 3.8) is 0 Å². The average Bonchev–Trinajstić information content (AvgIpc) is 3.02. The van der Waals surface area contributed by atoms with Crippen LogP contribution in [0.1, 0.15) is 26.7 Å². The molecule has 6 nitrogen and oxygen atoms in total. The van der Waals surface area contributed by atoms with E-state index in [-0.39, 0.29) is 23.6 Å². The topological polar surface area (TPSA) is 78.9 Å². The SMILES string of the molecule is COC(=O)C(OC)[C@@]1(C)C(=O)[C@H](I)C(=O)[C@H](C)C2CCC1O2. The summed E-state index contributed by atoms with van der Waals surface area (Å²) in [5.41, 5.74) is -1.24. The molecule has 0 aliphatic carbocycles. The molecule has 2 bridgehead atoms. The first-order chi connectivity index (χ1) is 10.3. The van der Waals surface area contributed by atoms with Gasteiger partial charge < -0.3 is 14.2 Å². The molecule has 2 aliphatic heterocycles. The number of ether oxygens (including phenoxy) is 3. The molecule has 0 aromatic rings. The van der Waals surface area contributed by atoms with Gasteiger partial charge in [-0.05, 0) is 19.8 Å². The van der Waals surface area contributed by atoms with Gasteiger partial charge in [-0.15, -0.1) is 0 Å². The third kappa shape index (κ3) is 2.60. The number of carbonyl (C=O) groups is 3. The van der Waals surface area contributed by atoms with Gasteiger partial charge in [0.2, 0.25) is 0 Å². The van der Waals surface area contributed by atoms with Crippen LogP contribution in [0.2, 0.25) is 0 Å². The van der Waals surface area contributed by atoms with Crippen molar-refractivity contribution in [2.75, 3.05) is 14.2 Å². The number of hydrogen-bond acceptors (Lipinski definition) is 6. The van der Waals surface area contributed by atoms with Crippen molar-refractivity contribution in [1.29, 1.82) is 0 Å². The first kappa shape index (κ1) is 17.8. The van der Waals surface area contributed by atoms with Crippen molar-refractivity contribution in [3.05, 3.63) is 0 Å². The van der Waals surface area contributed by atoms with Gasteiger partial charge in [0.05, 0.1) is 24.7 Å². The van der Waals surface area contributed by atoms with Crippen molar-refractivity contribution in [3.8, 4) is 0 Å². The molecular formula is C15H21IO6. The summed E-state index contributed by atoms with van der Waals surface area (Å²) in [6.45, 7) is 3.44. The quantitative estimate of drug-likeness (QED) is 0.294. The molecule has 22 heavy (non-hydrogen) atoms. The highest BCUT2D eigenvalue weighted by atomic mass is 127. The number of alkyl halides is 1. The maximum Gasteiger partial charge on any atom is 0.336 e. The summed E-state index contributed by atoms with van der Waals surface area (Å²) in [6.07, 6.45) is -0.446. The number of carbonyl (C=O) groups excluding carboxylic acids is 3. The second-order valence-electron chi connectivity index (χ2n) is 6.08. The zero-order valence-corrected chi connectivity index (χ0v) is 15.3. The first-order valence-corrected chi connectivity index (χ1v) is 8.51. The zero-order valence-electron chi connectivity index (χ0n) is 13.1. The van der Waals surface area contributed by atoms with Crippen molar-refractivity contribution < 1.29 is 28.6 Å². The van der Waals surface area contributed by atoms with Crippen LogP contribution >= 0.6 is 22.6 Å². The Kier molecular flexibility index (Phi) is 5.28. The van der Waals surface area contributed by atoms with E-state index in [0.29, 0.717) is 12.8 Å². The Bertz CT molecular complexity index is 492. The lowest BCUT2D eigenvalue weighted by Crippen LogP contribution is -2.58. The lowest BCUT2D eigenvalue weighted by Gasteiger charge is -2.41. The Balaban J connectivity index is 2.49. The smallest absolute Gasteiger partial charge is 0.336 e. The first-order valence-electron chi connectivity index (χ1n) is 7.27. The molecule has 2 saturated heterocycles. The highest BCUT2D eigenvalue weighted by Crippen LogP contribution is 2.45. The lowest BCUT2D eigenvalue weighted by atomic mass is 9.72. The monoisotopic (exact) mass is 424 g/mol. The molecule has 2 heterocycles. The minimum atomic E-state index is -1.24. The van der Waals surface area contributed by atoms with Crippen LogP contribution in [0.15, 0.2) is 0 Å². The molecule has 0 saturated carbocycles. The maximum atomic E-state index is 13.0. The predicted octanol–water partition coefficient (Wildman–Crippen LogP) is 1.32. The predicted molar refractivity (Wildman–Crippen MR) is 85.8 cm³/mol. The Morgan fingerprint density at radius 2 is 2.00 bits per heavy atom. The minimum absolute atomic E-state index is 0.151. The normalized spacial score (nSPS) is 40.0. The average molecular weight is 424 g/mol. The third-order valence-corrected chi connectivity index (χ3v) is 6.11. The molecule has 3 unspecified atom stereocenters. The lowest BCUT2D eigenvalue weighted by molar-refractivity contribution is -0.179. The van der Waals surface area contributed by atoms with Gasteiger partial charge in [-0.25, -0.2) is 4.79 Å². The fourth-order valence-corrected chi connectivity index (χ4v) is 4.68. The summed E-state index contributed by atoms with van der Waals surface area (Å²) >= 11 is 1.86. The molecule has 124 valence electrons. The molecule has 2 aliphatic rings. The summed E-state index contributed by atoms with van der Waals surface area (Å²) in [7, 11) is 2.61. The van der Waals surface area contributed by atoms with Gasteiger partial charge in [-0.1, -0.05) is 29.5 Å². The molecule has 0 aromatic heterocycles. The molecule has 0 radical (unpaired) electrons. The Labute approximate surface area is 143 Å². The van der Waals surface area contributed by atoms with E-state index in [1.165, 1.54) is 14.2 Å². The molecule has 0 amide bonds. The Morgan fingerprint density at radius 1 is 1.36 bits per heavy atom. The van der Waals surface area contributed by atoms with E-state index < -0.39 is 27.5 Å². The van der Waals surface area contributed by atoms with Gasteiger partial charge >= 0.3 is 5.97 Å². The molecule has 0 aromatic carbocycles. The van der Waals surface area contributed by atoms with Crippen LogP contribution in [-0.4, -0.2) is 54.0 Å². The second kappa shape index (κ2) is 6.52. The number of esters is 1. The fraction of sp³-hybridized carbons (Fsp3) is 0.800. The summed E-state index contributed by atoms with van der Waals surface area (Å²) in [4.78, 5) is 37.5. The Hall–Kier alpha value is -0.540. The molecule has 0 N–H and O–H groups in total. The maximum absolute atomic E-state index is 13.0. The van der Waals surface area contributed by atoms with E-state index in [1.807, 2.05) is 22.6 Å². The van der Waals surface area contributed by atoms with Crippen molar-refractivity contribution in [1.82, 2.24) is 0 Å². The van der Waals surface area contributed by atoms with Crippen molar-refractivity contribution in [2.45, 2.75) is 48.9 Å². The molecule has 7 heteroatoms. The molecule has 2 fully saturated rings. The zero-order chi connectivity index (χ0) is 16.7. The number of rotatable bonds is 3. The summed E-state index contributed by atoms with van der Waals surface area (Å²) in [5, 5.41) is 0. The Morgan fingerprint density at radius 3 is 2.55 bits per heavy atom. The van der Waals surface area contributed by atoms with E-state index in [9.17, 15) is 14.4 Å². The van der Waals surface area contributed by atoms with Gasteiger partial charge in [0.15, 0.2) is 17.7 Å². The van der Waals surface area contributed by atoms with Crippen LogP contribution in [0, 0.1) is 11.3 Å².